The van der Waals surface area contributed by atoms with Crippen LogP contribution in [-0.4, -0.2) is 43.7 Å². The van der Waals surface area contributed by atoms with Crippen molar-refractivity contribution in [2.24, 2.45) is 5.92 Å². The van der Waals surface area contributed by atoms with Crippen LogP contribution in [0.15, 0.2) is 24.3 Å². The molecule has 0 unspecified atom stereocenters. The minimum Gasteiger partial charge on any atom is -0.492 e. The van der Waals surface area contributed by atoms with E-state index in [1.807, 2.05) is 25.1 Å². The first-order valence-electron chi connectivity index (χ1n) is 7.77. The molecule has 0 aliphatic carbocycles. The molecular formula is C17H25NO3. The fourth-order valence-corrected chi connectivity index (χ4v) is 2.65. The van der Waals surface area contributed by atoms with Crippen molar-refractivity contribution >= 4 is 5.97 Å². The predicted octanol–water partition coefficient (Wildman–Crippen LogP) is 2.65. The van der Waals surface area contributed by atoms with Gasteiger partial charge in [-0.15, -0.1) is 0 Å². The van der Waals surface area contributed by atoms with Gasteiger partial charge in [0, 0.05) is 6.54 Å². The molecule has 1 aromatic carbocycles. The standard InChI is InChI=1S/C17H25NO3/c1-3-20-17(19)15-7-9-18(10-8-15)11-12-21-16-6-4-5-14(2)13-16/h4-6,13,15H,3,7-12H2,1-2H3. The largest absolute Gasteiger partial charge is 0.492 e. The van der Waals surface area contributed by atoms with Gasteiger partial charge in [-0.2, -0.15) is 0 Å². The summed E-state index contributed by atoms with van der Waals surface area (Å²) in [4.78, 5) is 14.0. The van der Waals surface area contributed by atoms with Crippen molar-refractivity contribution in [2.75, 3.05) is 32.8 Å². The molecule has 21 heavy (non-hydrogen) atoms. The van der Waals surface area contributed by atoms with Gasteiger partial charge in [0.1, 0.15) is 12.4 Å². The average molecular weight is 291 g/mol. The van der Waals surface area contributed by atoms with E-state index >= 15 is 0 Å². The maximum absolute atomic E-state index is 11.7. The summed E-state index contributed by atoms with van der Waals surface area (Å²) in [5.74, 6) is 0.975. The fraction of sp³-hybridized carbons (Fsp3) is 0.588. The lowest BCUT2D eigenvalue weighted by Crippen LogP contribution is -2.39. The van der Waals surface area contributed by atoms with Crippen LogP contribution in [0.3, 0.4) is 0 Å². The van der Waals surface area contributed by atoms with Crippen LogP contribution in [0.5, 0.6) is 5.75 Å². The van der Waals surface area contributed by atoms with Crippen LogP contribution in [0.4, 0.5) is 0 Å². The van der Waals surface area contributed by atoms with Gasteiger partial charge in [-0.05, 0) is 57.5 Å². The van der Waals surface area contributed by atoms with E-state index in [4.69, 9.17) is 9.47 Å². The van der Waals surface area contributed by atoms with Gasteiger partial charge in [0.15, 0.2) is 0 Å². The van der Waals surface area contributed by atoms with Crippen molar-refractivity contribution in [2.45, 2.75) is 26.7 Å². The Bertz CT molecular complexity index is 453. The number of rotatable bonds is 6. The Morgan fingerprint density at radius 3 is 2.76 bits per heavy atom. The highest BCUT2D eigenvalue weighted by molar-refractivity contribution is 5.72. The van der Waals surface area contributed by atoms with E-state index in [1.54, 1.807) is 0 Å². The van der Waals surface area contributed by atoms with E-state index in [0.717, 1.165) is 38.2 Å². The predicted molar refractivity (Wildman–Crippen MR) is 82.5 cm³/mol. The third kappa shape index (κ3) is 5.05. The summed E-state index contributed by atoms with van der Waals surface area (Å²) in [6, 6.07) is 8.11. The minimum atomic E-state index is -0.0341. The first-order chi connectivity index (χ1) is 10.2. The lowest BCUT2D eigenvalue weighted by atomic mass is 9.97. The highest BCUT2D eigenvalue weighted by atomic mass is 16.5. The van der Waals surface area contributed by atoms with E-state index in [-0.39, 0.29) is 11.9 Å². The molecule has 1 heterocycles. The highest BCUT2D eigenvalue weighted by Gasteiger charge is 2.25. The maximum Gasteiger partial charge on any atom is 0.309 e. The fourth-order valence-electron chi connectivity index (χ4n) is 2.65. The smallest absolute Gasteiger partial charge is 0.309 e. The Labute approximate surface area is 127 Å². The Morgan fingerprint density at radius 1 is 1.33 bits per heavy atom. The maximum atomic E-state index is 11.7. The Kier molecular flexibility index (Phi) is 6.05. The van der Waals surface area contributed by atoms with Gasteiger partial charge in [0.05, 0.1) is 12.5 Å². The number of benzene rings is 1. The van der Waals surface area contributed by atoms with E-state index in [0.29, 0.717) is 13.2 Å². The lowest BCUT2D eigenvalue weighted by molar-refractivity contribution is -0.149. The number of hydrogen-bond donors (Lipinski definition) is 0. The van der Waals surface area contributed by atoms with Crippen LogP contribution in [0.25, 0.3) is 0 Å². The quantitative estimate of drug-likeness (QED) is 0.755. The van der Waals surface area contributed by atoms with Crippen LogP contribution in [-0.2, 0) is 9.53 Å². The number of aryl methyl sites for hydroxylation is 1. The molecule has 4 nitrogen and oxygen atoms in total. The van der Waals surface area contributed by atoms with Crippen LogP contribution in [0.1, 0.15) is 25.3 Å². The molecule has 1 aromatic rings. The van der Waals surface area contributed by atoms with Crippen molar-refractivity contribution in [3.8, 4) is 5.75 Å². The van der Waals surface area contributed by atoms with Crippen molar-refractivity contribution in [1.29, 1.82) is 0 Å². The van der Waals surface area contributed by atoms with Crippen molar-refractivity contribution in [1.82, 2.24) is 4.90 Å². The molecule has 1 fully saturated rings. The molecule has 0 aromatic heterocycles. The number of ether oxygens (including phenoxy) is 2. The van der Waals surface area contributed by atoms with E-state index in [9.17, 15) is 4.79 Å². The molecule has 0 spiro atoms. The highest BCUT2D eigenvalue weighted by Crippen LogP contribution is 2.18. The molecule has 0 radical (unpaired) electrons. The van der Waals surface area contributed by atoms with Gasteiger partial charge < -0.3 is 9.47 Å². The van der Waals surface area contributed by atoms with Gasteiger partial charge in [-0.3, -0.25) is 9.69 Å². The topological polar surface area (TPSA) is 38.8 Å². The van der Waals surface area contributed by atoms with Gasteiger partial charge >= 0.3 is 5.97 Å². The van der Waals surface area contributed by atoms with Crippen LogP contribution in [0, 0.1) is 12.8 Å². The van der Waals surface area contributed by atoms with E-state index < -0.39 is 0 Å². The molecule has 4 heteroatoms. The molecule has 1 aliphatic rings. The summed E-state index contributed by atoms with van der Waals surface area (Å²) >= 11 is 0. The normalized spacial score (nSPS) is 16.7. The monoisotopic (exact) mass is 291 g/mol. The molecule has 0 atom stereocenters. The Balaban J connectivity index is 1.66. The zero-order valence-corrected chi connectivity index (χ0v) is 13.0. The third-order valence-corrected chi connectivity index (χ3v) is 3.87. The number of likely N-dealkylation sites (tertiary alicyclic amines) is 1. The zero-order chi connectivity index (χ0) is 15.1. The number of piperidine rings is 1. The van der Waals surface area contributed by atoms with Crippen molar-refractivity contribution in [3.05, 3.63) is 29.8 Å². The van der Waals surface area contributed by atoms with Crippen molar-refractivity contribution in [3.63, 3.8) is 0 Å². The summed E-state index contributed by atoms with van der Waals surface area (Å²) in [6.45, 7) is 7.88. The van der Waals surface area contributed by atoms with E-state index in [1.165, 1.54) is 5.56 Å². The lowest BCUT2D eigenvalue weighted by Gasteiger charge is -2.30. The second-order valence-corrected chi connectivity index (χ2v) is 5.53. The summed E-state index contributed by atoms with van der Waals surface area (Å²) in [6.07, 6.45) is 1.78. The number of esters is 1. The van der Waals surface area contributed by atoms with Crippen molar-refractivity contribution < 1.29 is 14.3 Å². The average Bonchev–Trinajstić information content (AvgIpc) is 2.48. The molecule has 1 saturated heterocycles. The van der Waals surface area contributed by atoms with Gasteiger partial charge in [-0.25, -0.2) is 0 Å². The number of carbonyl (C=O) groups is 1. The van der Waals surface area contributed by atoms with Crippen LogP contribution in [0.2, 0.25) is 0 Å². The summed E-state index contributed by atoms with van der Waals surface area (Å²) in [5, 5.41) is 0. The summed E-state index contributed by atoms with van der Waals surface area (Å²) in [5.41, 5.74) is 1.21. The molecule has 1 aliphatic heterocycles. The molecule has 2 rings (SSSR count). The Morgan fingerprint density at radius 2 is 2.10 bits per heavy atom. The SMILES string of the molecule is CCOC(=O)C1CCN(CCOc2cccc(C)c2)CC1. The first kappa shape index (κ1) is 15.8. The van der Waals surface area contributed by atoms with Crippen LogP contribution >= 0.6 is 0 Å². The molecular weight excluding hydrogens is 266 g/mol. The summed E-state index contributed by atoms with van der Waals surface area (Å²) < 4.78 is 10.9. The van der Waals surface area contributed by atoms with Gasteiger partial charge in [0.2, 0.25) is 0 Å². The zero-order valence-electron chi connectivity index (χ0n) is 13.0. The number of nitrogens with zero attached hydrogens (tertiary/aromatic N) is 1. The number of hydrogen-bond acceptors (Lipinski definition) is 4. The summed E-state index contributed by atoms with van der Waals surface area (Å²) in [7, 11) is 0. The second-order valence-electron chi connectivity index (χ2n) is 5.53. The Hall–Kier alpha value is -1.55. The molecule has 116 valence electrons. The third-order valence-electron chi connectivity index (χ3n) is 3.87. The molecule has 0 N–H and O–H groups in total. The van der Waals surface area contributed by atoms with Gasteiger partial charge in [0.25, 0.3) is 0 Å². The van der Waals surface area contributed by atoms with E-state index in [2.05, 4.69) is 17.9 Å². The second kappa shape index (κ2) is 8.03. The first-order valence-corrected chi connectivity index (χ1v) is 7.77. The molecule has 0 bridgehead atoms. The molecule has 0 amide bonds. The number of carbonyl (C=O) groups excluding carboxylic acids is 1. The molecule has 0 saturated carbocycles. The minimum absolute atomic E-state index is 0.0341. The van der Waals surface area contributed by atoms with Crippen LogP contribution < -0.4 is 4.74 Å². The van der Waals surface area contributed by atoms with Gasteiger partial charge in [-0.1, -0.05) is 12.1 Å².